The number of hydrogen-bond donors (Lipinski definition) is 1. The molecule has 1 saturated heterocycles. The molecule has 0 radical (unpaired) electrons. The minimum absolute atomic E-state index is 0.103. The Kier molecular flexibility index (Phi) is 5.04. The fourth-order valence-electron chi connectivity index (χ4n) is 3.55. The molecule has 1 fully saturated rings. The van der Waals surface area contributed by atoms with Gasteiger partial charge in [0.05, 0.1) is 30.4 Å². The topological polar surface area (TPSA) is 84.2 Å². The standard InChI is InChI=1S/C20H22FN5O2/c1-12-23-10-19(28-12)13-3-4-17-14(7-13)8-15(24-25-17)9-20(27)26-6-5-18(22-2)16(21)11-26/h3-4,7-8,10,16,18,22H,5-6,9,11H2,1-2H3/t16-,18-/m1/s1. The molecule has 1 aliphatic heterocycles. The maximum atomic E-state index is 14.1. The summed E-state index contributed by atoms with van der Waals surface area (Å²) in [5.41, 5.74) is 2.18. The van der Waals surface area contributed by atoms with Gasteiger partial charge in [0.1, 0.15) is 6.17 Å². The molecule has 2 aromatic heterocycles. The summed E-state index contributed by atoms with van der Waals surface area (Å²) in [6.45, 7) is 2.45. The van der Waals surface area contributed by atoms with Crippen LogP contribution in [-0.2, 0) is 11.2 Å². The van der Waals surface area contributed by atoms with E-state index in [9.17, 15) is 9.18 Å². The number of oxazole rings is 1. The number of halogens is 1. The molecule has 0 bridgehead atoms. The van der Waals surface area contributed by atoms with Crippen LogP contribution >= 0.6 is 0 Å². The Morgan fingerprint density at radius 3 is 2.93 bits per heavy atom. The van der Waals surface area contributed by atoms with Crippen LogP contribution in [0, 0.1) is 6.92 Å². The maximum Gasteiger partial charge on any atom is 0.228 e. The number of aryl methyl sites for hydroxylation is 1. The number of benzene rings is 1. The number of piperidine rings is 1. The second-order valence-corrected chi connectivity index (χ2v) is 7.07. The molecule has 1 aromatic carbocycles. The van der Waals surface area contributed by atoms with Crippen LogP contribution in [0.5, 0.6) is 0 Å². The third-order valence-corrected chi connectivity index (χ3v) is 5.14. The van der Waals surface area contributed by atoms with E-state index < -0.39 is 6.17 Å². The number of alkyl halides is 1. The van der Waals surface area contributed by atoms with Gasteiger partial charge in [-0.05, 0) is 37.7 Å². The fourth-order valence-corrected chi connectivity index (χ4v) is 3.55. The second-order valence-electron chi connectivity index (χ2n) is 7.07. The molecular weight excluding hydrogens is 361 g/mol. The van der Waals surface area contributed by atoms with Crippen LogP contribution in [0.4, 0.5) is 4.39 Å². The third kappa shape index (κ3) is 3.73. The average Bonchev–Trinajstić information content (AvgIpc) is 3.13. The molecule has 3 aromatic rings. The van der Waals surface area contributed by atoms with Gasteiger partial charge < -0.3 is 14.6 Å². The van der Waals surface area contributed by atoms with Crippen LogP contribution in [0.25, 0.3) is 22.2 Å². The summed E-state index contributed by atoms with van der Waals surface area (Å²) < 4.78 is 19.7. The van der Waals surface area contributed by atoms with Crippen LogP contribution in [0.1, 0.15) is 18.0 Å². The summed E-state index contributed by atoms with van der Waals surface area (Å²) in [4.78, 5) is 18.3. The number of carbonyl (C=O) groups is 1. The van der Waals surface area contributed by atoms with E-state index in [1.807, 2.05) is 24.3 Å². The Bertz CT molecular complexity index is 1010. The zero-order valence-corrected chi connectivity index (χ0v) is 15.9. The lowest BCUT2D eigenvalue weighted by Crippen LogP contribution is -2.51. The van der Waals surface area contributed by atoms with Gasteiger partial charge >= 0.3 is 0 Å². The first-order valence-corrected chi connectivity index (χ1v) is 9.32. The first-order valence-electron chi connectivity index (χ1n) is 9.32. The molecule has 4 rings (SSSR count). The molecule has 146 valence electrons. The predicted molar refractivity (Wildman–Crippen MR) is 102 cm³/mol. The molecule has 28 heavy (non-hydrogen) atoms. The Labute approximate surface area is 162 Å². The van der Waals surface area contributed by atoms with Crippen molar-refractivity contribution in [2.45, 2.75) is 32.0 Å². The minimum atomic E-state index is -1.06. The zero-order valence-electron chi connectivity index (χ0n) is 15.9. The predicted octanol–water partition coefficient (Wildman–Crippen LogP) is 2.29. The Hall–Kier alpha value is -2.87. The van der Waals surface area contributed by atoms with E-state index in [0.29, 0.717) is 30.3 Å². The average molecular weight is 383 g/mol. The van der Waals surface area contributed by atoms with Crippen molar-refractivity contribution >= 4 is 16.8 Å². The number of rotatable bonds is 4. The van der Waals surface area contributed by atoms with Gasteiger partial charge in [-0.15, -0.1) is 0 Å². The number of carbonyl (C=O) groups excluding carboxylic acids is 1. The highest BCUT2D eigenvalue weighted by Crippen LogP contribution is 2.24. The van der Waals surface area contributed by atoms with Crippen molar-refractivity contribution < 1.29 is 13.6 Å². The summed E-state index contributed by atoms with van der Waals surface area (Å²) >= 11 is 0. The molecule has 1 N–H and O–H groups in total. The highest BCUT2D eigenvalue weighted by molar-refractivity contribution is 5.85. The Balaban J connectivity index is 1.51. The number of fused-ring (bicyclic) bond motifs is 1. The number of aromatic nitrogens is 3. The number of nitrogens with zero attached hydrogens (tertiary/aromatic N) is 4. The molecule has 0 saturated carbocycles. The van der Waals surface area contributed by atoms with Crippen molar-refractivity contribution in [1.29, 1.82) is 0 Å². The molecule has 2 atom stereocenters. The molecular formula is C20H22FN5O2. The van der Waals surface area contributed by atoms with E-state index in [4.69, 9.17) is 4.42 Å². The molecule has 1 amide bonds. The van der Waals surface area contributed by atoms with Gasteiger partial charge in [-0.1, -0.05) is 0 Å². The lowest BCUT2D eigenvalue weighted by atomic mass is 10.0. The molecule has 0 aliphatic carbocycles. The number of amides is 1. The smallest absolute Gasteiger partial charge is 0.228 e. The van der Waals surface area contributed by atoms with Crippen LogP contribution in [-0.4, -0.2) is 58.3 Å². The Morgan fingerprint density at radius 2 is 2.21 bits per heavy atom. The number of nitrogens with one attached hydrogen (secondary N) is 1. The van der Waals surface area contributed by atoms with Crippen LogP contribution in [0.2, 0.25) is 0 Å². The first-order chi connectivity index (χ1) is 13.5. The highest BCUT2D eigenvalue weighted by atomic mass is 19.1. The maximum absolute atomic E-state index is 14.1. The molecule has 1 aliphatic rings. The van der Waals surface area contributed by atoms with E-state index in [1.165, 1.54) is 0 Å². The van der Waals surface area contributed by atoms with Crippen molar-refractivity contribution in [1.82, 2.24) is 25.4 Å². The second kappa shape index (κ2) is 7.63. The summed E-state index contributed by atoms with van der Waals surface area (Å²) in [6.07, 6.45) is 1.33. The van der Waals surface area contributed by atoms with E-state index >= 15 is 0 Å². The van der Waals surface area contributed by atoms with Gasteiger partial charge in [0.15, 0.2) is 11.7 Å². The lowest BCUT2D eigenvalue weighted by Gasteiger charge is -2.34. The van der Waals surface area contributed by atoms with Gasteiger partial charge in [0.2, 0.25) is 5.91 Å². The summed E-state index contributed by atoms with van der Waals surface area (Å²) in [5, 5.41) is 12.2. The Morgan fingerprint density at radius 1 is 1.36 bits per heavy atom. The SMILES string of the molecule is CN[C@@H]1CCN(C(=O)Cc2cc3cc(-c4cnc(C)o4)ccc3nn2)C[C@H]1F. The highest BCUT2D eigenvalue weighted by Gasteiger charge is 2.30. The molecule has 0 unspecified atom stereocenters. The molecule has 7 nitrogen and oxygen atoms in total. The minimum Gasteiger partial charge on any atom is -0.441 e. The summed E-state index contributed by atoms with van der Waals surface area (Å²) in [5.74, 6) is 1.14. The van der Waals surface area contributed by atoms with Gasteiger partial charge in [-0.3, -0.25) is 4.79 Å². The third-order valence-electron chi connectivity index (χ3n) is 5.14. The van der Waals surface area contributed by atoms with Gasteiger partial charge in [0, 0.05) is 30.5 Å². The first kappa shape index (κ1) is 18.5. The number of hydrogen-bond acceptors (Lipinski definition) is 6. The number of likely N-dealkylation sites (tertiary alicyclic amines) is 1. The van der Waals surface area contributed by atoms with Crippen molar-refractivity contribution in [2.75, 3.05) is 20.1 Å². The largest absolute Gasteiger partial charge is 0.441 e. The van der Waals surface area contributed by atoms with Crippen molar-refractivity contribution in [3.8, 4) is 11.3 Å². The van der Waals surface area contributed by atoms with Crippen molar-refractivity contribution in [2.24, 2.45) is 0 Å². The van der Waals surface area contributed by atoms with E-state index in [1.54, 1.807) is 25.1 Å². The molecule has 8 heteroatoms. The monoisotopic (exact) mass is 383 g/mol. The van der Waals surface area contributed by atoms with Gasteiger partial charge in [-0.25, -0.2) is 9.37 Å². The van der Waals surface area contributed by atoms with Crippen molar-refractivity contribution in [3.05, 3.63) is 42.0 Å². The summed E-state index contributed by atoms with van der Waals surface area (Å²) in [6, 6.07) is 7.35. The zero-order chi connectivity index (χ0) is 19.7. The van der Waals surface area contributed by atoms with E-state index in [2.05, 4.69) is 20.5 Å². The lowest BCUT2D eigenvalue weighted by molar-refractivity contribution is -0.133. The normalized spacial score (nSPS) is 19.9. The molecule has 0 spiro atoms. The van der Waals surface area contributed by atoms with E-state index in [-0.39, 0.29) is 24.9 Å². The van der Waals surface area contributed by atoms with Gasteiger partial charge in [-0.2, -0.15) is 10.2 Å². The summed E-state index contributed by atoms with van der Waals surface area (Å²) in [7, 11) is 1.74. The van der Waals surface area contributed by atoms with E-state index in [0.717, 1.165) is 16.5 Å². The van der Waals surface area contributed by atoms with Crippen LogP contribution < -0.4 is 5.32 Å². The fraction of sp³-hybridized carbons (Fsp3) is 0.400. The quantitative estimate of drug-likeness (QED) is 0.744. The van der Waals surface area contributed by atoms with Crippen LogP contribution in [0.15, 0.2) is 34.9 Å². The van der Waals surface area contributed by atoms with Crippen LogP contribution in [0.3, 0.4) is 0 Å². The molecule has 3 heterocycles. The van der Waals surface area contributed by atoms with Crippen molar-refractivity contribution in [3.63, 3.8) is 0 Å². The van der Waals surface area contributed by atoms with Gasteiger partial charge in [0.25, 0.3) is 0 Å².